The molecule has 9 heteroatoms. The van der Waals surface area contributed by atoms with Crippen LogP contribution in [-0.4, -0.2) is 42.8 Å². The molecule has 0 saturated carbocycles. The molecule has 0 amide bonds. The summed E-state index contributed by atoms with van der Waals surface area (Å²) in [7, 11) is 1.86. The molecular formula is C24H25N7O2. The molecular weight excluding hydrogens is 418 g/mol. The molecule has 33 heavy (non-hydrogen) atoms. The number of aromatic nitrogens is 6. The van der Waals surface area contributed by atoms with Gasteiger partial charge in [-0.05, 0) is 44.4 Å². The normalized spacial score (nSPS) is 13.8. The first kappa shape index (κ1) is 20.9. The molecule has 1 aliphatic heterocycles. The van der Waals surface area contributed by atoms with E-state index in [1.54, 1.807) is 35.4 Å². The van der Waals surface area contributed by atoms with Crippen molar-refractivity contribution >= 4 is 5.95 Å². The smallest absolute Gasteiger partial charge is 0.261 e. The Bertz CT molecular complexity index is 1340. The van der Waals surface area contributed by atoms with Gasteiger partial charge < -0.3 is 9.64 Å². The summed E-state index contributed by atoms with van der Waals surface area (Å²) in [4.78, 5) is 31.3. The fourth-order valence-corrected chi connectivity index (χ4v) is 3.95. The largest absolute Gasteiger partial charge is 0.455 e. The molecule has 1 saturated heterocycles. The average Bonchev–Trinajstić information content (AvgIpc) is 3.27. The molecule has 0 aromatic carbocycles. The third kappa shape index (κ3) is 4.48. The van der Waals surface area contributed by atoms with Crippen molar-refractivity contribution in [1.82, 2.24) is 29.7 Å². The second-order valence-corrected chi connectivity index (χ2v) is 8.16. The van der Waals surface area contributed by atoms with Gasteiger partial charge in [0.2, 0.25) is 5.95 Å². The summed E-state index contributed by atoms with van der Waals surface area (Å²) < 4.78 is 7.79. The van der Waals surface area contributed by atoms with Crippen LogP contribution in [0, 0.1) is 6.92 Å². The molecule has 168 valence electrons. The number of anilines is 1. The van der Waals surface area contributed by atoms with Crippen LogP contribution in [0.15, 0.2) is 53.8 Å². The van der Waals surface area contributed by atoms with Crippen molar-refractivity contribution in [3.8, 4) is 34.0 Å². The Hall–Kier alpha value is -4.01. The van der Waals surface area contributed by atoms with Gasteiger partial charge in [-0.15, -0.1) is 0 Å². The van der Waals surface area contributed by atoms with E-state index in [0.29, 0.717) is 34.4 Å². The van der Waals surface area contributed by atoms with Gasteiger partial charge in [0.05, 0.1) is 28.8 Å². The van der Waals surface area contributed by atoms with Crippen LogP contribution in [0.25, 0.3) is 22.5 Å². The quantitative estimate of drug-likeness (QED) is 0.501. The fraction of sp³-hybridized carbons (Fsp3) is 0.292. The van der Waals surface area contributed by atoms with Crippen molar-refractivity contribution in [1.29, 1.82) is 0 Å². The average molecular weight is 444 g/mol. The molecule has 4 aromatic rings. The van der Waals surface area contributed by atoms with E-state index < -0.39 is 0 Å². The lowest BCUT2D eigenvalue weighted by atomic mass is 10.1. The lowest BCUT2D eigenvalue weighted by molar-refractivity contribution is 0.475. The number of H-pyrrole nitrogens is 1. The maximum Gasteiger partial charge on any atom is 0.261 e. The van der Waals surface area contributed by atoms with Crippen molar-refractivity contribution in [3.63, 3.8) is 0 Å². The molecule has 0 radical (unpaired) electrons. The van der Waals surface area contributed by atoms with E-state index in [1.165, 1.54) is 6.42 Å². The Labute approximate surface area is 191 Å². The summed E-state index contributed by atoms with van der Waals surface area (Å²) in [6.07, 6.45) is 10.4. The minimum atomic E-state index is -0.193. The first-order valence-electron chi connectivity index (χ1n) is 11.0. The standard InChI is InChI=1S/C24H25N7O2/c1-16-22(33-18-8-9-25-21(12-18)17-13-27-30(2)15-17)7-6-20(28-16)19-14-26-24(29-23(19)32)31-10-4-3-5-11-31/h6-9,12-15H,3-5,10-11H2,1-2H3,(H,26,29,32). The molecule has 4 aromatic heterocycles. The van der Waals surface area contributed by atoms with E-state index in [1.807, 2.05) is 32.3 Å². The first-order valence-corrected chi connectivity index (χ1v) is 11.0. The fourth-order valence-electron chi connectivity index (χ4n) is 3.95. The zero-order chi connectivity index (χ0) is 22.8. The van der Waals surface area contributed by atoms with E-state index in [9.17, 15) is 4.79 Å². The molecule has 0 spiro atoms. The van der Waals surface area contributed by atoms with Gasteiger partial charge in [-0.3, -0.25) is 19.4 Å². The van der Waals surface area contributed by atoms with Crippen LogP contribution in [0.3, 0.4) is 0 Å². The van der Waals surface area contributed by atoms with Crippen molar-refractivity contribution in [2.75, 3.05) is 18.0 Å². The lowest BCUT2D eigenvalue weighted by Gasteiger charge is -2.26. The molecule has 0 atom stereocenters. The molecule has 1 aliphatic rings. The second kappa shape index (κ2) is 8.85. The first-order chi connectivity index (χ1) is 16.1. The van der Waals surface area contributed by atoms with Crippen molar-refractivity contribution in [2.45, 2.75) is 26.2 Å². The minimum Gasteiger partial charge on any atom is -0.455 e. The van der Waals surface area contributed by atoms with Gasteiger partial charge >= 0.3 is 0 Å². The monoisotopic (exact) mass is 443 g/mol. The number of hydrogen-bond donors (Lipinski definition) is 1. The zero-order valence-electron chi connectivity index (χ0n) is 18.7. The lowest BCUT2D eigenvalue weighted by Crippen LogP contribution is -2.32. The van der Waals surface area contributed by atoms with Crippen LogP contribution in [0.4, 0.5) is 5.95 Å². The van der Waals surface area contributed by atoms with Gasteiger partial charge in [0.15, 0.2) is 0 Å². The molecule has 0 bridgehead atoms. The highest BCUT2D eigenvalue weighted by atomic mass is 16.5. The number of nitrogens with zero attached hydrogens (tertiary/aromatic N) is 6. The van der Waals surface area contributed by atoms with Gasteiger partial charge in [0.25, 0.3) is 5.56 Å². The van der Waals surface area contributed by atoms with Gasteiger partial charge in [0.1, 0.15) is 11.5 Å². The van der Waals surface area contributed by atoms with E-state index >= 15 is 0 Å². The maximum atomic E-state index is 12.7. The van der Waals surface area contributed by atoms with Crippen molar-refractivity contribution < 1.29 is 4.74 Å². The number of hydrogen-bond acceptors (Lipinski definition) is 7. The number of rotatable bonds is 5. The number of ether oxygens (including phenoxy) is 1. The molecule has 5 heterocycles. The van der Waals surface area contributed by atoms with Crippen LogP contribution < -0.4 is 15.2 Å². The number of aryl methyl sites for hydroxylation is 2. The molecule has 1 fully saturated rings. The number of pyridine rings is 2. The number of aromatic amines is 1. The van der Waals surface area contributed by atoms with Crippen LogP contribution in [0.5, 0.6) is 11.5 Å². The van der Waals surface area contributed by atoms with Gasteiger partial charge in [-0.2, -0.15) is 5.10 Å². The minimum absolute atomic E-state index is 0.193. The Morgan fingerprint density at radius 3 is 2.61 bits per heavy atom. The highest BCUT2D eigenvalue weighted by Crippen LogP contribution is 2.28. The summed E-state index contributed by atoms with van der Waals surface area (Å²) in [6.45, 7) is 3.69. The van der Waals surface area contributed by atoms with E-state index in [2.05, 4.69) is 29.9 Å². The third-order valence-corrected chi connectivity index (χ3v) is 5.71. The number of piperidine rings is 1. The van der Waals surface area contributed by atoms with Crippen LogP contribution in [0.2, 0.25) is 0 Å². The van der Waals surface area contributed by atoms with Gasteiger partial charge in [-0.1, -0.05) is 0 Å². The molecule has 5 rings (SSSR count). The highest BCUT2D eigenvalue weighted by molar-refractivity contribution is 5.60. The van der Waals surface area contributed by atoms with Crippen LogP contribution >= 0.6 is 0 Å². The van der Waals surface area contributed by atoms with E-state index in [0.717, 1.165) is 37.2 Å². The predicted octanol–water partition coefficient (Wildman–Crippen LogP) is 3.72. The van der Waals surface area contributed by atoms with Crippen molar-refractivity contribution in [3.05, 3.63) is 65.1 Å². The highest BCUT2D eigenvalue weighted by Gasteiger charge is 2.16. The summed E-state index contributed by atoms with van der Waals surface area (Å²) >= 11 is 0. The molecule has 0 aliphatic carbocycles. The summed E-state index contributed by atoms with van der Waals surface area (Å²) in [6, 6.07) is 7.25. The van der Waals surface area contributed by atoms with Gasteiger partial charge in [-0.25, -0.2) is 9.97 Å². The third-order valence-electron chi connectivity index (χ3n) is 5.71. The summed E-state index contributed by atoms with van der Waals surface area (Å²) in [5.74, 6) is 1.88. The maximum absolute atomic E-state index is 12.7. The SMILES string of the molecule is Cc1nc(-c2cnc(N3CCCCC3)[nH]c2=O)ccc1Oc1ccnc(-c2cnn(C)c2)c1. The van der Waals surface area contributed by atoms with Crippen LogP contribution in [-0.2, 0) is 7.05 Å². The summed E-state index contributed by atoms with van der Waals surface area (Å²) in [5, 5.41) is 4.19. The van der Waals surface area contributed by atoms with Gasteiger partial charge in [0, 0.05) is 50.4 Å². The Balaban J connectivity index is 1.36. The Kier molecular flexibility index (Phi) is 5.60. The zero-order valence-corrected chi connectivity index (χ0v) is 18.7. The Morgan fingerprint density at radius 2 is 1.88 bits per heavy atom. The summed E-state index contributed by atoms with van der Waals surface area (Å²) in [5.41, 5.74) is 3.16. The topological polar surface area (TPSA) is 102 Å². The van der Waals surface area contributed by atoms with Crippen LogP contribution in [0.1, 0.15) is 25.0 Å². The Morgan fingerprint density at radius 1 is 1.03 bits per heavy atom. The molecule has 9 nitrogen and oxygen atoms in total. The molecule has 1 N–H and O–H groups in total. The van der Waals surface area contributed by atoms with E-state index in [4.69, 9.17) is 4.74 Å². The number of nitrogens with one attached hydrogen (secondary N) is 1. The predicted molar refractivity (Wildman–Crippen MR) is 125 cm³/mol. The molecule has 0 unspecified atom stereocenters. The van der Waals surface area contributed by atoms with E-state index in [-0.39, 0.29) is 5.56 Å². The van der Waals surface area contributed by atoms with Crippen molar-refractivity contribution in [2.24, 2.45) is 7.05 Å². The second-order valence-electron chi connectivity index (χ2n) is 8.16.